The molecule has 216 valence electrons. The molecule has 0 radical (unpaired) electrons. The Hall–Kier alpha value is -3.71. The fourth-order valence-electron chi connectivity index (χ4n) is 3.36. The van der Waals surface area contributed by atoms with Crippen LogP contribution in [-0.2, 0) is 28.8 Å². The number of carboxylic acid groups (broad SMARTS) is 3. The predicted molar refractivity (Wildman–Crippen MR) is 134 cm³/mol. The summed E-state index contributed by atoms with van der Waals surface area (Å²) in [6, 6.07) is -3.81. The van der Waals surface area contributed by atoms with Gasteiger partial charge in [-0.05, 0) is 44.9 Å². The van der Waals surface area contributed by atoms with Gasteiger partial charge in [-0.25, -0.2) is 14.4 Å². The monoisotopic (exact) mass is 544 g/mol. The number of amides is 4. The second-order valence-corrected chi connectivity index (χ2v) is 8.75. The molecule has 4 amide bonds. The number of unbranched alkanes of at least 4 members (excludes halogenated alkanes) is 5. The molecule has 14 nitrogen and oxygen atoms in total. The van der Waals surface area contributed by atoms with E-state index in [0.29, 0.717) is 45.2 Å². The fourth-order valence-corrected chi connectivity index (χ4v) is 3.36. The molecule has 0 rings (SSSR count). The summed E-state index contributed by atoms with van der Waals surface area (Å²) >= 11 is 0. The van der Waals surface area contributed by atoms with Gasteiger partial charge in [0.05, 0.1) is 0 Å². The van der Waals surface area contributed by atoms with E-state index >= 15 is 0 Å². The first-order valence-electron chi connectivity index (χ1n) is 12.8. The number of nitrogens with one attached hydrogen (secondary N) is 4. The van der Waals surface area contributed by atoms with Crippen LogP contribution in [0.3, 0.4) is 0 Å². The Balaban J connectivity index is 4.03. The lowest BCUT2D eigenvalue weighted by molar-refractivity contribution is -0.141. The summed E-state index contributed by atoms with van der Waals surface area (Å²) in [6.07, 6.45) is 5.92. The van der Waals surface area contributed by atoms with Gasteiger partial charge in [-0.15, -0.1) is 0 Å². The first-order valence-corrected chi connectivity index (χ1v) is 12.8. The quantitative estimate of drug-likeness (QED) is 0.0706. The molecule has 0 aromatic heterocycles. The summed E-state index contributed by atoms with van der Waals surface area (Å²) in [5.74, 6) is -4.27. The highest BCUT2D eigenvalue weighted by Gasteiger charge is 2.24. The first kappa shape index (κ1) is 34.3. The van der Waals surface area contributed by atoms with Crippen molar-refractivity contribution in [2.45, 2.75) is 95.6 Å². The topological polar surface area (TPSA) is 228 Å². The van der Waals surface area contributed by atoms with Crippen LogP contribution in [0, 0.1) is 0 Å². The lowest BCUT2D eigenvalue weighted by Gasteiger charge is -2.18. The molecule has 0 heterocycles. The normalized spacial score (nSPS) is 12.0. The van der Waals surface area contributed by atoms with Crippen molar-refractivity contribution < 1.29 is 48.9 Å². The average molecular weight is 545 g/mol. The van der Waals surface area contributed by atoms with Crippen LogP contribution in [-0.4, -0.2) is 82.5 Å². The Morgan fingerprint density at radius 1 is 0.605 bits per heavy atom. The molecule has 0 saturated carbocycles. The SMILES string of the molecule is O=CCCCCCCC(=O)NCCCC(=O)NCCCCC(NC(=O)NC(CCC(=O)O)C(=O)O)C(=O)O. The van der Waals surface area contributed by atoms with Gasteiger partial charge in [-0.3, -0.25) is 14.4 Å². The number of carbonyl (C=O) groups excluding carboxylic acids is 4. The number of hydrogen-bond donors (Lipinski definition) is 7. The Labute approximate surface area is 221 Å². The molecule has 2 unspecified atom stereocenters. The van der Waals surface area contributed by atoms with Gasteiger partial charge in [0.2, 0.25) is 11.8 Å². The second-order valence-electron chi connectivity index (χ2n) is 8.75. The minimum absolute atomic E-state index is 0.0363. The van der Waals surface area contributed by atoms with Gasteiger partial charge in [0.15, 0.2) is 0 Å². The molecule has 0 aromatic rings. The molecule has 0 bridgehead atoms. The van der Waals surface area contributed by atoms with Crippen LogP contribution < -0.4 is 21.3 Å². The highest BCUT2D eigenvalue weighted by atomic mass is 16.4. The zero-order valence-electron chi connectivity index (χ0n) is 21.5. The van der Waals surface area contributed by atoms with E-state index in [9.17, 15) is 38.7 Å². The van der Waals surface area contributed by atoms with Gasteiger partial charge in [0, 0.05) is 38.8 Å². The number of hydrogen-bond acceptors (Lipinski definition) is 7. The first-order chi connectivity index (χ1) is 18.1. The van der Waals surface area contributed by atoms with Gasteiger partial charge < -0.3 is 41.4 Å². The molecule has 0 fully saturated rings. The zero-order valence-corrected chi connectivity index (χ0v) is 21.5. The van der Waals surface area contributed by atoms with Crippen LogP contribution in [0.2, 0.25) is 0 Å². The molecule has 38 heavy (non-hydrogen) atoms. The summed E-state index contributed by atoms with van der Waals surface area (Å²) in [6.45, 7) is 0.675. The van der Waals surface area contributed by atoms with E-state index in [4.69, 9.17) is 10.2 Å². The molecular weight excluding hydrogens is 504 g/mol. The molecular formula is C24H40N4O10. The van der Waals surface area contributed by atoms with Crippen LogP contribution in [0.5, 0.6) is 0 Å². The number of carboxylic acids is 3. The van der Waals surface area contributed by atoms with E-state index in [0.717, 1.165) is 32.0 Å². The van der Waals surface area contributed by atoms with E-state index in [-0.39, 0.29) is 31.1 Å². The van der Waals surface area contributed by atoms with Gasteiger partial charge in [0.25, 0.3) is 0 Å². The van der Waals surface area contributed by atoms with Gasteiger partial charge >= 0.3 is 23.9 Å². The lowest BCUT2D eigenvalue weighted by atomic mass is 10.1. The van der Waals surface area contributed by atoms with E-state index in [1.807, 2.05) is 0 Å². The largest absolute Gasteiger partial charge is 0.481 e. The molecule has 2 atom stereocenters. The average Bonchev–Trinajstić information content (AvgIpc) is 2.85. The van der Waals surface area contributed by atoms with E-state index in [1.165, 1.54) is 0 Å². The Bertz CT molecular complexity index is 790. The molecule has 0 aliphatic carbocycles. The van der Waals surface area contributed by atoms with Gasteiger partial charge in [-0.2, -0.15) is 0 Å². The molecule has 0 aliphatic heterocycles. The Morgan fingerprint density at radius 3 is 1.68 bits per heavy atom. The van der Waals surface area contributed by atoms with Crippen molar-refractivity contribution in [3.05, 3.63) is 0 Å². The van der Waals surface area contributed by atoms with Crippen LogP contribution in [0.1, 0.15) is 83.5 Å². The molecule has 0 aromatic carbocycles. The van der Waals surface area contributed by atoms with Crippen molar-refractivity contribution in [2.24, 2.45) is 0 Å². The van der Waals surface area contributed by atoms with Crippen molar-refractivity contribution in [1.82, 2.24) is 21.3 Å². The van der Waals surface area contributed by atoms with E-state index in [2.05, 4.69) is 21.3 Å². The highest BCUT2D eigenvalue weighted by Crippen LogP contribution is 2.05. The predicted octanol–water partition coefficient (Wildman–Crippen LogP) is 0.779. The van der Waals surface area contributed by atoms with Crippen molar-refractivity contribution in [1.29, 1.82) is 0 Å². The van der Waals surface area contributed by atoms with Crippen LogP contribution in [0.4, 0.5) is 4.79 Å². The van der Waals surface area contributed by atoms with Crippen molar-refractivity contribution in [3.63, 3.8) is 0 Å². The third kappa shape index (κ3) is 19.5. The van der Waals surface area contributed by atoms with Crippen LogP contribution in [0.15, 0.2) is 0 Å². The minimum atomic E-state index is -1.48. The smallest absolute Gasteiger partial charge is 0.326 e. The molecule has 0 spiro atoms. The minimum Gasteiger partial charge on any atom is -0.481 e. The maximum Gasteiger partial charge on any atom is 0.326 e. The van der Waals surface area contributed by atoms with Crippen molar-refractivity contribution >= 4 is 42.0 Å². The molecule has 0 aliphatic rings. The Morgan fingerprint density at radius 2 is 1.13 bits per heavy atom. The summed E-state index contributed by atoms with van der Waals surface area (Å²) in [4.78, 5) is 79.0. The number of urea groups is 1. The number of carbonyl (C=O) groups is 7. The summed E-state index contributed by atoms with van der Waals surface area (Å²) in [5.41, 5.74) is 0. The summed E-state index contributed by atoms with van der Waals surface area (Å²) in [7, 11) is 0. The van der Waals surface area contributed by atoms with E-state index < -0.39 is 42.4 Å². The maximum atomic E-state index is 12.0. The third-order valence-electron chi connectivity index (χ3n) is 5.47. The lowest BCUT2D eigenvalue weighted by Crippen LogP contribution is -2.51. The standard InChI is InChI=1S/C24H40N4O10/c29-16-7-3-1-2-4-10-19(30)26-15-8-11-20(31)25-14-6-5-9-17(22(34)35)27-24(38)28-18(23(36)37)12-13-21(32)33/h16-18H,1-15H2,(H,25,31)(H,26,30)(H,32,33)(H,34,35)(H,36,37)(H2,27,28,38). The highest BCUT2D eigenvalue weighted by molar-refractivity contribution is 5.86. The summed E-state index contributed by atoms with van der Waals surface area (Å²) < 4.78 is 0. The second kappa shape index (κ2) is 21.4. The molecule has 14 heteroatoms. The van der Waals surface area contributed by atoms with Gasteiger partial charge in [0.1, 0.15) is 18.4 Å². The maximum absolute atomic E-state index is 12.0. The van der Waals surface area contributed by atoms with E-state index in [1.54, 1.807) is 0 Å². The summed E-state index contributed by atoms with van der Waals surface area (Å²) in [5, 5.41) is 36.7. The molecule has 0 saturated heterocycles. The number of rotatable bonds is 23. The van der Waals surface area contributed by atoms with Gasteiger partial charge in [-0.1, -0.05) is 12.8 Å². The number of aliphatic carboxylic acids is 3. The van der Waals surface area contributed by atoms with Crippen molar-refractivity contribution in [3.8, 4) is 0 Å². The zero-order chi connectivity index (χ0) is 28.8. The Kier molecular flexibility index (Phi) is 19.3. The fraction of sp³-hybridized carbons (Fsp3) is 0.708. The van der Waals surface area contributed by atoms with Crippen molar-refractivity contribution in [2.75, 3.05) is 13.1 Å². The number of aldehydes is 1. The van der Waals surface area contributed by atoms with Crippen LogP contribution >= 0.6 is 0 Å². The molecule has 7 N–H and O–H groups in total. The third-order valence-corrected chi connectivity index (χ3v) is 5.47. The van der Waals surface area contributed by atoms with Crippen LogP contribution in [0.25, 0.3) is 0 Å².